The molecule has 0 aliphatic carbocycles. The molecule has 2 rings (SSSR count). The first kappa shape index (κ1) is 14.5. The minimum atomic E-state index is -0.391. The molecular weight excluding hydrogens is 262 g/mol. The van der Waals surface area contributed by atoms with Crippen LogP contribution in [-0.4, -0.2) is 38.9 Å². The summed E-state index contributed by atoms with van der Waals surface area (Å²) in [5.74, 6) is 0.692. The number of aryl methyl sites for hydroxylation is 1. The Morgan fingerprint density at radius 1 is 1.25 bits per heavy atom. The molecule has 2 aromatic heterocycles. The van der Waals surface area contributed by atoms with E-state index in [9.17, 15) is 9.59 Å². The Hall–Kier alpha value is -1.93. The van der Waals surface area contributed by atoms with Crippen LogP contribution in [0.25, 0.3) is 11.2 Å². The van der Waals surface area contributed by atoms with Gasteiger partial charge in [-0.05, 0) is 6.54 Å². The zero-order chi connectivity index (χ0) is 14.9. The van der Waals surface area contributed by atoms with Crippen molar-refractivity contribution in [1.29, 1.82) is 0 Å². The van der Waals surface area contributed by atoms with Gasteiger partial charge >= 0.3 is 5.69 Å². The molecule has 0 radical (unpaired) electrons. The van der Waals surface area contributed by atoms with Crippen molar-refractivity contribution in [3.05, 3.63) is 26.7 Å². The van der Waals surface area contributed by atoms with Crippen LogP contribution in [0, 0.1) is 0 Å². The fourth-order valence-corrected chi connectivity index (χ4v) is 2.27. The maximum absolute atomic E-state index is 12.2. The summed E-state index contributed by atoms with van der Waals surface area (Å²) in [4.78, 5) is 28.5. The van der Waals surface area contributed by atoms with Crippen molar-refractivity contribution in [2.45, 2.75) is 13.0 Å². The van der Waals surface area contributed by atoms with Gasteiger partial charge in [0.1, 0.15) is 11.5 Å². The van der Waals surface area contributed by atoms with Gasteiger partial charge in [0.2, 0.25) is 0 Å². The Labute approximate surface area is 115 Å². The second kappa shape index (κ2) is 5.59. The second-order valence-corrected chi connectivity index (χ2v) is 4.59. The molecule has 0 aromatic carbocycles. The van der Waals surface area contributed by atoms with Crippen molar-refractivity contribution >= 4 is 11.2 Å². The maximum Gasteiger partial charge on any atom is 0.332 e. The van der Waals surface area contributed by atoms with Gasteiger partial charge in [0, 0.05) is 34.2 Å². The molecule has 0 fully saturated rings. The summed E-state index contributed by atoms with van der Waals surface area (Å²) in [5, 5.41) is 0. The quantitative estimate of drug-likeness (QED) is 0.725. The summed E-state index contributed by atoms with van der Waals surface area (Å²) in [5.41, 5.74) is 5.61. The molecular formula is C12H19N5O3. The number of fused-ring (bicyclic) bond motifs is 1. The van der Waals surface area contributed by atoms with E-state index >= 15 is 0 Å². The minimum absolute atomic E-state index is 0.286. The van der Waals surface area contributed by atoms with Gasteiger partial charge in [0.25, 0.3) is 5.56 Å². The van der Waals surface area contributed by atoms with Crippen LogP contribution in [0.3, 0.4) is 0 Å². The van der Waals surface area contributed by atoms with E-state index in [-0.39, 0.29) is 11.2 Å². The van der Waals surface area contributed by atoms with Crippen LogP contribution in [-0.2, 0) is 31.8 Å². The number of ether oxygens (including phenoxy) is 1. The van der Waals surface area contributed by atoms with Crippen molar-refractivity contribution in [1.82, 2.24) is 18.7 Å². The Morgan fingerprint density at radius 3 is 2.55 bits per heavy atom. The van der Waals surface area contributed by atoms with Gasteiger partial charge in [-0.1, -0.05) is 0 Å². The highest BCUT2D eigenvalue weighted by Crippen LogP contribution is 2.11. The van der Waals surface area contributed by atoms with E-state index in [2.05, 4.69) is 4.98 Å². The minimum Gasteiger partial charge on any atom is -0.383 e. The molecule has 2 aromatic rings. The maximum atomic E-state index is 12.2. The summed E-state index contributed by atoms with van der Waals surface area (Å²) in [6.45, 7) is 1.40. The molecule has 0 amide bonds. The van der Waals surface area contributed by atoms with E-state index in [0.717, 1.165) is 4.57 Å². The first-order valence-corrected chi connectivity index (χ1v) is 6.37. The third kappa shape index (κ3) is 2.16. The molecule has 2 N–H and O–H groups in total. The lowest BCUT2D eigenvalue weighted by atomic mass is 10.4. The predicted octanol–water partition coefficient (Wildman–Crippen LogP) is -1.42. The second-order valence-electron chi connectivity index (χ2n) is 4.59. The fraction of sp³-hybridized carbons (Fsp3) is 0.583. The fourth-order valence-electron chi connectivity index (χ4n) is 2.27. The molecule has 8 nitrogen and oxygen atoms in total. The van der Waals surface area contributed by atoms with Crippen LogP contribution in [0.2, 0.25) is 0 Å². The SMILES string of the molecule is COCCn1c(CCN)nc2c(=O)n(C)c(=O)n(C)c21. The van der Waals surface area contributed by atoms with E-state index in [1.54, 1.807) is 14.2 Å². The molecule has 0 bridgehead atoms. The highest BCUT2D eigenvalue weighted by Gasteiger charge is 2.18. The number of aromatic nitrogens is 4. The average Bonchev–Trinajstić information content (AvgIpc) is 2.79. The molecule has 2 heterocycles. The van der Waals surface area contributed by atoms with Crippen LogP contribution >= 0.6 is 0 Å². The zero-order valence-electron chi connectivity index (χ0n) is 11.9. The predicted molar refractivity (Wildman–Crippen MR) is 74.8 cm³/mol. The normalized spacial score (nSPS) is 11.4. The van der Waals surface area contributed by atoms with E-state index in [0.29, 0.717) is 37.6 Å². The van der Waals surface area contributed by atoms with E-state index in [4.69, 9.17) is 10.5 Å². The lowest BCUT2D eigenvalue weighted by molar-refractivity contribution is 0.187. The summed E-state index contributed by atoms with van der Waals surface area (Å²) < 4.78 is 9.39. The number of hydrogen-bond donors (Lipinski definition) is 1. The molecule has 0 saturated carbocycles. The number of methoxy groups -OCH3 is 1. The molecule has 20 heavy (non-hydrogen) atoms. The topological polar surface area (TPSA) is 97.1 Å². The van der Waals surface area contributed by atoms with Gasteiger partial charge in [-0.3, -0.25) is 13.9 Å². The molecule has 0 aliphatic rings. The van der Waals surface area contributed by atoms with Crippen LogP contribution < -0.4 is 17.0 Å². The van der Waals surface area contributed by atoms with E-state index < -0.39 is 5.56 Å². The van der Waals surface area contributed by atoms with E-state index in [1.165, 1.54) is 11.6 Å². The lowest BCUT2D eigenvalue weighted by Crippen LogP contribution is -2.37. The molecule has 0 spiro atoms. The molecule has 110 valence electrons. The zero-order valence-corrected chi connectivity index (χ0v) is 11.9. The Morgan fingerprint density at radius 2 is 1.95 bits per heavy atom. The van der Waals surface area contributed by atoms with Crippen molar-refractivity contribution in [2.24, 2.45) is 19.8 Å². The monoisotopic (exact) mass is 281 g/mol. The molecule has 0 unspecified atom stereocenters. The van der Waals surface area contributed by atoms with Crippen LogP contribution in [0.1, 0.15) is 5.82 Å². The Bertz CT molecular complexity index is 740. The third-order valence-corrected chi connectivity index (χ3v) is 3.31. The van der Waals surface area contributed by atoms with Gasteiger partial charge in [-0.2, -0.15) is 0 Å². The number of rotatable bonds is 5. The highest BCUT2D eigenvalue weighted by molar-refractivity contribution is 5.71. The summed E-state index contributed by atoms with van der Waals surface area (Å²) >= 11 is 0. The van der Waals surface area contributed by atoms with Gasteiger partial charge in [0.15, 0.2) is 5.52 Å². The third-order valence-electron chi connectivity index (χ3n) is 3.31. The number of nitrogens with zero attached hydrogens (tertiary/aromatic N) is 4. The first-order chi connectivity index (χ1) is 9.52. The van der Waals surface area contributed by atoms with Crippen molar-refractivity contribution in [2.75, 3.05) is 20.3 Å². The number of hydrogen-bond acceptors (Lipinski definition) is 5. The first-order valence-electron chi connectivity index (χ1n) is 6.37. The number of imidazole rings is 1. The lowest BCUT2D eigenvalue weighted by Gasteiger charge is -2.10. The molecule has 0 atom stereocenters. The Kier molecular flexibility index (Phi) is 4.05. The van der Waals surface area contributed by atoms with Crippen molar-refractivity contribution in [3.8, 4) is 0 Å². The largest absolute Gasteiger partial charge is 0.383 e. The molecule has 8 heteroatoms. The standard InChI is InChI=1S/C12H19N5O3/c1-15-10-9(11(18)16(2)12(15)19)14-8(4-5-13)17(10)6-7-20-3/h4-7,13H2,1-3H3. The highest BCUT2D eigenvalue weighted by atomic mass is 16.5. The van der Waals surface area contributed by atoms with Gasteiger partial charge in [-0.15, -0.1) is 0 Å². The molecule has 0 saturated heterocycles. The van der Waals surface area contributed by atoms with Crippen LogP contribution in [0.4, 0.5) is 0 Å². The average molecular weight is 281 g/mol. The Balaban J connectivity index is 2.82. The van der Waals surface area contributed by atoms with Crippen LogP contribution in [0.5, 0.6) is 0 Å². The van der Waals surface area contributed by atoms with Gasteiger partial charge in [-0.25, -0.2) is 9.78 Å². The van der Waals surface area contributed by atoms with Crippen LogP contribution in [0.15, 0.2) is 9.59 Å². The van der Waals surface area contributed by atoms with Crippen molar-refractivity contribution in [3.63, 3.8) is 0 Å². The van der Waals surface area contributed by atoms with E-state index in [1.807, 2.05) is 4.57 Å². The smallest absolute Gasteiger partial charge is 0.332 e. The summed E-state index contributed by atoms with van der Waals surface area (Å²) in [6.07, 6.45) is 0.537. The van der Waals surface area contributed by atoms with Gasteiger partial charge in [0.05, 0.1) is 6.61 Å². The number of nitrogens with two attached hydrogens (primary N) is 1. The van der Waals surface area contributed by atoms with Crippen molar-refractivity contribution < 1.29 is 4.74 Å². The molecule has 0 aliphatic heterocycles. The van der Waals surface area contributed by atoms with Gasteiger partial charge < -0.3 is 15.0 Å². The summed E-state index contributed by atoms with van der Waals surface area (Å²) in [6, 6.07) is 0. The summed E-state index contributed by atoms with van der Waals surface area (Å²) in [7, 11) is 4.67.